The number of nitriles is 2. The Hall–Kier alpha value is -2.70. The van der Waals surface area contributed by atoms with E-state index in [1.807, 2.05) is 30.0 Å². The highest BCUT2D eigenvalue weighted by atomic mass is 35.5. The van der Waals surface area contributed by atoms with Crippen LogP contribution >= 0.6 is 11.6 Å². The fraction of sp³-hybridized carbons (Fsp3) is 0.353. The van der Waals surface area contributed by atoms with Crippen LogP contribution in [0.1, 0.15) is 13.3 Å². The van der Waals surface area contributed by atoms with Gasteiger partial charge in [0.15, 0.2) is 0 Å². The number of nitrogens with one attached hydrogen (secondary N) is 1. The molecule has 1 saturated heterocycles. The molecule has 124 valence electrons. The first kappa shape index (κ1) is 17.7. The number of allylic oxidation sites excluding steroid dienone is 1. The summed E-state index contributed by atoms with van der Waals surface area (Å²) in [7, 11) is 0. The number of nitrogens with zero attached hydrogens (tertiary/aromatic N) is 4. The van der Waals surface area contributed by atoms with Gasteiger partial charge >= 0.3 is 0 Å². The number of hydrogen-bond donors (Lipinski definition) is 1. The lowest BCUT2D eigenvalue weighted by atomic mass is 10.2. The topological polar surface area (TPSA) is 83.2 Å². The van der Waals surface area contributed by atoms with Gasteiger partial charge in [-0.3, -0.25) is 4.79 Å². The third kappa shape index (κ3) is 3.98. The lowest BCUT2D eigenvalue weighted by Gasteiger charge is -2.37. The van der Waals surface area contributed by atoms with E-state index in [2.05, 4.69) is 10.2 Å². The molecule has 0 saturated carbocycles. The van der Waals surface area contributed by atoms with Gasteiger partial charge in [0.2, 0.25) is 5.91 Å². The van der Waals surface area contributed by atoms with E-state index < -0.39 is 0 Å². The van der Waals surface area contributed by atoms with Crippen molar-refractivity contribution in [3.8, 4) is 12.1 Å². The molecule has 0 atom stereocenters. The lowest BCUT2D eigenvalue weighted by molar-refractivity contribution is -0.131. The number of para-hydroxylation sites is 1. The maximum Gasteiger partial charge on any atom is 0.222 e. The Kier molecular flexibility index (Phi) is 6.06. The quantitative estimate of drug-likeness (QED) is 0.850. The molecule has 0 spiro atoms. The molecule has 24 heavy (non-hydrogen) atoms. The molecule has 1 amide bonds. The van der Waals surface area contributed by atoms with E-state index in [0.717, 1.165) is 11.4 Å². The SMILES string of the molecule is CCC(=O)N1CCN(c2c(Cl)cccc2NC=C(C#N)C#N)CC1. The van der Waals surface area contributed by atoms with E-state index in [0.29, 0.717) is 37.6 Å². The molecule has 0 aliphatic carbocycles. The Labute approximate surface area is 146 Å². The average molecular weight is 344 g/mol. The second-order valence-corrected chi connectivity index (χ2v) is 5.69. The molecule has 0 radical (unpaired) electrons. The molecule has 1 aliphatic rings. The Morgan fingerprint density at radius 1 is 1.29 bits per heavy atom. The van der Waals surface area contributed by atoms with E-state index in [9.17, 15) is 4.79 Å². The van der Waals surface area contributed by atoms with Gasteiger partial charge in [-0.15, -0.1) is 0 Å². The highest BCUT2D eigenvalue weighted by molar-refractivity contribution is 6.34. The van der Waals surface area contributed by atoms with Crippen LogP contribution in [0.4, 0.5) is 11.4 Å². The molecule has 0 bridgehead atoms. The Morgan fingerprint density at radius 3 is 2.54 bits per heavy atom. The van der Waals surface area contributed by atoms with Crippen LogP contribution in [0, 0.1) is 22.7 Å². The molecule has 1 heterocycles. The van der Waals surface area contributed by atoms with Crippen LogP contribution in [0.2, 0.25) is 5.02 Å². The summed E-state index contributed by atoms with van der Waals surface area (Å²) in [6.07, 6.45) is 1.88. The minimum atomic E-state index is -0.0145. The van der Waals surface area contributed by atoms with Gasteiger partial charge in [-0.1, -0.05) is 24.6 Å². The van der Waals surface area contributed by atoms with Crippen LogP contribution in [-0.2, 0) is 4.79 Å². The van der Waals surface area contributed by atoms with Crippen molar-refractivity contribution in [1.29, 1.82) is 10.5 Å². The van der Waals surface area contributed by atoms with Crippen molar-refractivity contribution in [2.45, 2.75) is 13.3 Å². The summed E-state index contributed by atoms with van der Waals surface area (Å²) in [4.78, 5) is 15.7. The molecule has 1 fully saturated rings. The summed E-state index contributed by atoms with van der Waals surface area (Å²) in [6, 6.07) is 9.05. The molecule has 1 aromatic rings. The lowest BCUT2D eigenvalue weighted by Crippen LogP contribution is -2.48. The van der Waals surface area contributed by atoms with E-state index in [4.69, 9.17) is 22.1 Å². The number of anilines is 2. The van der Waals surface area contributed by atoms with E-state index >= 15 is 0 Å². The molecular formula is C17H18ClN5O. The predicted octanol–water partition coefficient (Wildman–Crippen LogP) is 2.74. The van der Waals surface area contributed by atoms with Crippen LogP contribution in [0.15, 0.2) is 30.0 Å². The van der Waals surface area contributed by atoms with Gasteiger partial charge in [0.05, 0.1) is 16.4 Å². The van der Waals surface area contributed by atoms with Crippen LogP contribution < -0.4 is 10.2 Å². The van der Waals surface area contributed by atoms with Crippen LogP contribution in [0.25, 0.3) is 0 Å². The van der Waals surface area contributed by atoms with Crippen molar-refractivity contribution < 1.29 is 4.79 Å². The number of amides is 1. The molecule has 1 N–H and O–H groups in total. The zero-order valence-corrected chi connectivity index (χ0v) is 14.2. The molecule has 7 heteroatoms. The highest BCUT2D eigenvalue weighted by Crippen LogP contribution is 2.34. The van der Waals surface area contributed by atoms with Crippen molar-refractivity contribution in [3.63, 3.8) is 0 Å². The summed E-state index contributed by atoms with van der Waals surface area (Å²) in [6.45, 7) is 4.51. The van der Waals surface area contributed by atoms with Gasteiger partial charge in [-0.2, -0.15) is 10.5 Å². The minimum Gasteiger partial charge on any atom is -0.365 e. The fourth-order valence-electron chi connectivity index (χ4n) is 2.60. The van der Waals surface area contributed by atoms with E-state index in [1.54, 1.807) is 12.1 Å². The average Bonchev–Trinajstić information content (AvgIpc) is 2.62. The van der Waals surface area contributed by atoms with E-state index in [-0.39, 0.29) is 11.5 Å². The number of carbonyl (C=O) groups excluding carboxylic acids is 1. The first-order valence-electron chi connectivity index (χ1n) is 7.68. The smallest absolute Gasteiger partial charge is 0.222 e. The molecule has 0 unspecified atom stereocenters. The number of piperazine rings is 1. The predicted molar refractivity (Wildman–Crippen MR) is 93.5 cm³/mol. The standard InChI is InChI=1S/C17H18ClN5O/c1-2-16(24)22-6-8-23(9-7-22)17-14(18)4-3-5-15(17)21-12-13(10-19)11-20/h3-5,12,21H,2,6-9H2,1H3. The van der Waals surface area contributed by atoms with Gasteiger partial charge in [0.1, 0.15) is 17.7 Å². The fourth-order valence-corrected chi connectivity index (χ4v) is 2.89. The molecule has 1 aliphatic heterocycles. The van der Waals surface area contributed by atoms with Crippen molar-refractivity contribution in [2.75, 3.05) is 36.4 Å². The monoisotopic (exact) mass is 343 g/mol. The number of halogens is 1. The van der Waals surface area contributed by atoms with Gasteiger partial charge in [0.25, 0.3) is 0 Å². The third-order valence-corrected chi connectivity index (χ3v) is 4.16. The second kappa shape index (κ2) is 8.24. The van der Waals surface area contributed by atoms with Crippen molar-refractivity contribution in [3.05, 3.63) is 35.0 Å². The summed E-state index contributed by atoms with van der Waals surface area (Å²) in [5.41, 5.74) is 1.52. The maximum atomic E-state index is 11.8. The molecule has 1 aromatic carbocycles. The molecule has 2 rings (SSSR count). The van der Waals surface area contributed by atoms with Crippen molar-refractivity contribution >= 4 is 28.9 Å². The summed E-state index contributed by atoms with van der Waals surface area (Å²) < 4.78 is 0. The maximum absolute atomic E-state index is 11.8. The van der Waals surface area contributed by atoms with Crippen molar-refractivity contribution in [2.24, 2.45) is 0 Å². The zero-order valence-electron chi connectivity index (χ0n) is 13.4. The molecular weight excluding hydrogens is 326 g/mol. The Bertz CT molecular complexity index is 707. The summed E-state index contributed by atoms with van der Waals surface area (Å²) in [5.74, 6) is 0.155. The van der Waals surface area contributed by atoms with Crippen molar-refractivity contribution in [1.82, 2.24) is 4.90 Å². The number of hydrogen-bond acceptors (Lipinski definition) is 5. The normalized spacial score (nSPS) is 13.7. The second-order valence-electron chi connectivity index (χ2n) is 5.28. The minimum absolute atomic E-state index is 0.0145. The third-order valence-electron chi connectivity index (χ3n) is 3.85. The highest BCUT2D eigenvalue weighted by Gasteiger charge is 2.23. The van der Waals surface area contributed by atoms with Gasteiger partial charge in [0, 0.05) is 38.8 Å². The molecule has 0 aromatic heterocycles. The first-order chi connectivity index (χ1) is 11.6. The number of rotatable bonds is 4. The summed E-state index contributed by atoms with van der Waals surface area (Å²) in [5, 5.41) is 21.2. The Morgan fingerprint density at radius 2 is 1.96 bits per heavy atom. The van der Waals surface area contributed by atoms with Gasteiger partial charge < -0.3 is 15.1 Å². The van der Waals surface area contributed by atoms with Gasteiger partial charge in [-0.05, 0) is 12.1 Å². The Balaban J connectivity index is 2.19. The van der Waals surface area contributed by atoms with Gasteiger partial charge in [-0.25, -0.2) is 0 Å². The number of benzene rings is 1. The van der Waals surface area contributed by atoms with Crippen LogP contribution in [-0.4, -0.2) is 37.0 Å². The first-order valence-corrected chi connectivity index (χ1v) is 8.06. The van der Waals surface area contributed by atoms with Crippen LogP contribution in [0.5, 0.6) is 0 Å². The zero-order chi connectivity index (χ0) is 17.5. The number of carbonyl (C=O) groups is 1. The summed E-state index contributed by atoms with van der Waals surface area (Å²) >= 11 is 6.36. The largest absolute Gasteiger partial charge is 0.365 e. The van der Waals surface area contributed by atoms with Crippen LogP contribution in [0.3, 0.4) is 0 Å². The molecule has 6 nitrogen and oxygen atoms in total. The van der Waals surface area contributed by atoms with E-state index in [1.165, 1.54) is 6.20 Å².